The third-order valence-corrected chi connectivity index (χ3v) is 2.96. The lowest BCUT2D eigenvalue weighted by atomic mass is 10.1. The Hall–Kier alpha value is -3.23. The summed E-state index contributed by atoms with van der Waals surface area (Å²) in [5.41, 5.74) is -0.654. The Morgan fingerprint density at radius 1 is 1.29 bits per heavy atom. The van der Waals surface area contributed by atoms with Gasteiger partial charge in [-0.15, -0.1) is 0 Å². The smallest absolute Gasteiger partial charge is 0.338 e. The average Bonchev–Trinajstić information content (AvgIpc) is 2.53. The number of carbonyl (C=O) groups is 3. The molecule has 0 aliphatic heterocycles. The Balaban J connectivity index is 2.77. The SMILES string of the molecule is C=C(CCCC(=O)Oc1ccc(C(=O)OC)cc1[N+](=O)[O-])C(=O)O. The molecule has 0 saturated heterocycles. The van der Waals surface area contributed by atoms with Crippen LogP contribution in [0.5, 0.6) is 5.75 Å². The van der Waals surface area contributed by atoms with Crippen molar-refractivity contribution in [3.63, 3.8) is 0 Å². The zero-order valence-electron chi connectivity index (χ0n) is 12.8. The number of nitro groups is 1. The lowest BCUT2D eigenvalue weighted by Gasteiger charge is -2.06. The fraction of sp³-hybridized carbons (Fsp3) is 0.267. The molecule has 24 heavy (non-hydrogen) atoms. The van der Waals surface area contributed by atoms with Crippen molar-refractivity contribution in [3.05, 3.63) is 46.0 Å². The summed E-state index contributed by atoms with van der Waals surface area (Å²) in [6.07, 6.45) is 0.133. The Kier molecular flexibility index (Phi) is 6.60. The number of carbonyl (C=O) groups excluding carboxylic acids is 2. The van der Waals surface area contributed by atoms with Gasteiger partial charge in [0.2, 0.25) is 5.75 Å². The molecule has 0 aliphatic rings. The minimum Gasteiger partial charge on any atom is -0.478 e. The number of rotatable bonds is 8. The van der Waals surface area contributed by atoms with Crippen molar-refractivity contribution in [1.82, 2.24) is 0 Å². The van der Waals surface area contributed by atoms with Gasteiger partial charge in [-0.3, -0.25) is 14.9 Å². The first-order valence-electron chi connectivity index (χ1n) is 6.74. The summed E-state index contributed by atoms with van der Waals surface area (Å²) in [6, 6.07) is 3.30. The Labute approximate surface area is 136 Å². The van der Waals surface area contributed by atoms with E-state index in [0.717, 1.165) is 19.2 Å². The van der Waals surface area contributed by atoms with Crippen molar-refractivity contribution in [3.8, 4) is 5.75 Å². The monoisotopic (exact) mass is 337 g/mol. The number of aliphatic carboxylic acids is 1. The summed E-state index contributed by atoms with van der Waals surface area (Å²) >= 11 is 0. The fourth-order valence-electron chi connectivity index (χ4n) is 1.72. The van der Waals surface area contributed by atoms with E-state index in [1.807, 2.05) is 0 Å². The van der Waals surface area contributed by atoms with Crippen LogP contribution in [0.4, 0.5) is 5.69 Å². The van der Waals surface area contributed by atoms with E-state index in [-0.39, 0.29) is 36.1 Å². The van der Waals surface area contributed by atoms with Gasteiger partial charge in [-0.2, -0.15) is 0 Å². The molecule has 0 aliphatic carbocycles. The molecule has 1 aromatic rings. The molecule has 0 aromatic heterocycles. The normalized spacial score (nSPS) is 9.88. The molecule has 0 fully saturated rings. The van der Waals surface area contributed by atoms with Gasteiger partial charge in [0.25, 0.3) is 0 Å². The van der Waals surface area contributed by atoms with Crippen LogP contribution < -0.4 is 4.74 Å². The fourth-order valence-corrected chi connectivity index (χ4v) is 1.72. The molecule has 0 spiro atoms. The van der Waals surface area contributed by atoms with Crippen LogP contribution in [0.25, 0.3) is 0 Å². The maximum atomic E-state index is 11.7. The molecule has 0 atom stereocenters. The number of nitrogens with zero attached hydrogens (tertiary/aromatic N) is 1. The molecule has 1 aromatic carbocycles. The Morgan fingerprint density at radius 3 is 2.50 bits per heavy atom. The molecule has 0 heterocycles. The van der Waals surface area contributed by atoms with Crippen LogP contribution in [0.1, 0.15) is 29.6 Å². The summed E-state index contributed by atoms with van der Waals surface area (Å²) in [6.45, 7) is 3.32. The molecule has 1 rings (SSSR count). The van der Waals surface area contributed by atoms with E-state index >= 15 is 0 Å². The second-order valence-electron chi connectivity index (χ2n) is 4.67. The van der Waals surface area contributed by atoms with Gasteiger partial charge in [0, 0.05) is 18.1 Å². The van der Waals surface area contributed by atoms with Gasteiger partial charge in [0.1, 0.15) is 0 Å². The van der Waals surface area contributed by atoms with E-state index < -0.39 is 28.5 Å². The average molecular weight is 337 g/mol. The number of nitro benzene ring substituents is 1. The summed E-state index contributed by atoms with van der Waals surface area (Å²) in [7, 11) is 1.13. The highest BCUT2D eigenvalue weighted by atomic mass is 16.6. The van der Waals surface area contributed by atoms with Crippen molar-refractivity contribution in [2.24, 2.45) is 0 Å². The predicted octanol–water partition coefficient (Wildman–Crippen LogP) is 2.10. The highest BCUT2D eigenvalue weighted by Gasteiger charge is 2.21. The minimum absolute atomic E-state index is 0.0452. The van der Waals surface area contributed by atoms with E-state index in [9.17, 15) is 24.5 Å². The molecule has 128 valence electrons. The molecule has 0 unspecified atom stereocenters. The lowest BCUT2D eigenvalue weighted by molar-refractivity contribution is -0.385. The number of ether oxygens (including phenoxy) is 2. The van der Waals surface area contributed by atoms with Crippen molar-refractivity contribution in [1.29, 1.82) is 0 Å². The summed E-state index contributed by atoms with van der Waals surface area (Å²) in [5, 5.41) is 19.7. The van der Waals surface area contributed by atoms with Crippen LogP contribution >= 0.6 is 0 Å². The van der Waals surface area contributed by atoms with Crippen LogP contribution in [0, 0.1) is 10.1 Å². The van der Waals surface area contributed by atoms with Gasteiger partial charge >= 0.3 is 23.6 Å². The Morgan fingerprint density at radius 2 is 1.96 bits per heavy atom. The zero-order valence-corrected chi connectivity index (χ0v) is 12.8. The number of hydrogen-bond acceptors (Lipinski definition) is 7. The summed E-state index contributed by atoms with van der Waals surface area (Å²) in [5.74, 6) is -2.99. The molecule has 0 radical (unpaired) electrons. The first kappa shape index (κ1) is 18.8. The van der Waals surface area contributed by atoms with Gasteiger partial charge in [0.15, 0.2) is 0 Å². The number of methoxy groups -OCH3 is 1. The molecule has 0 bridgehead atoms. The van der Waals surface area contributed by atoms with E-state index in [2.05, 4.69) is 11.3 Å². The predicted molar refractivity (Wildman–Crippen MR) is 80.7 cm³/mol. The number of carboxylic acid groups (broad SMARTS) is 1. The highest BCUT2D eigenvalue weighted by molar-refractivity contribution is 5.90. The number of benzene rings is 1. The standard InChI is InChI=1S/C15H15NO8/c1-9(14(18)19)4-3-5-13(17)24-12-7-6-10(15(20)23-2)8-11(12)16(21)22/h6-8H,1,3-5H2,2H3,(H,18,19). The van der Waals surface area contributed by atoms with E-state index in [1.54, 1.807) is 0 Å². The second kappa shape index (κ2) is 8.42. The zero-order chi connectivity index (χ0) is 18.3. The maximum Gasteiger partial charge on any atom is 0.338 e. The van der Waals surface area contributed by atoms with E-state index in [4.69, 9.17) is 9.84 Å². The largest absolute Gasteiger partial charge is 0.478 e. The first-order valence-corrected chi connectivity index (χ1v) is 6.74. The van der Waals surface area contributed by atoms with Gasteiger partial charge in [-0.25, -0.2) is 9.59 Å². The lowest BCUT2D eigenvalue weighted by Crippen LogP contribution is -2.10. The van der Waals surface area contributed by atoms with Crippen molar-refractivity contribution < 1.29 is 33.9 Å². The van der Waals surface area contributed by atoms with Crippen molar-refractivity contribution in [2.45, 2.75) is 19.3 Å². The second-order valence-corrected chi connectivity index (χ2v) is 4.67. The van der Waals surface area contributed by atoms with Gasteiger partial charge < -0.3 is 14.6 Å². The van der Waals surface area contributed by atoms with Crippen molar-refractivity contribution >= 4 is 23.6 Å². The summed E-state index contributed by atoms with van der Waals surface area (Å²) in [4.78, 5) is 43.9. The van der Waals surface area contributed by atoms with Crippen LogP contribution in [0.2, 0.25) is 0 Å². The molecular weight excluding hydrogens is 322 g/mol. The molecule has 0 saturated carbocycles. The minimum atomic E-state index is -1.16. The molecule has 9 nitrogen and oxygen atoms in total. The number of hydrogen-bond donors (Lipinski definition) is 1. The van der Waals surface area contributed by atoms with Crippen LogP contribution in [-0.2, 0) is 14.3 Å². The van der Waals surface area contributed by atoms with E-state index in [1.165, 1.54) is 6.07 Å². The molecule has 9 heteroatoms. The quantitative estimate of drug-likeness (QED) is 0.251. The molecular formula is C15H15NO8. The maximum absolute atomic E-state index is 11.7. The third-order valence-electron chi connectivity index (χ3n) is 2.96. The van der Waals surface area contributed by atoms with Crippen LogP contribution in [0.3, 0.4) is 0 Å². The van der Waals surface area contributed by atoms with Gasteiger partial charge in [-0.1, -0.05) is 6.58 Å². The molecule has 0 amide bonds. The Bertz CT molecular complexity index is 695. The number of carboxylic acids is 1. The van der Waals surface area contributed by atoms with Crippen LogP contribution in [-0.4, -0.2) is 35.0 Å². The summed E-state index contributed by atoms with van der Waals surface area (Å²) < 4.78 is 9.37. The van der Waals surface area contributed by atoms with E-state index in [0.29, 0.717) is 0 Å². The third kappa shape index (κ3) is 5.20. The van der Waals surface area contributed by atoms with Crippen LogP contribution in [0.15, 0.2) is 30.4 Å². The molecule has 1 N–H and O–H groups in total. The van der Waals surface area contributed by atoms with Gasteiger partial charge in [0.05, 0.1) is 17.6 Å². The highest BCUT2D eigenvalue weighted by Crippen LogP contribution is 2.28. The number of esters is 2. The van der Waals surface area contributed by atoms with Gasteiger partial charge in [-0.05, 0) is 25.0 Å². The van der Waals surface area contributed by atoms with Crippen molar-refractivity contribution in [2.75, 3.05) is 7.11 Å². The topological polar surface area (TPSA) is 133 Å². The first-order chi connectivity index (χ1) is 11.3.